The summed E-state index contributed by atoms with van der Waals surface area (Å²) < 4.78 is 0. The highest BCUT2D eigenvalue weighted by Gasteiger charge is 2.51. The first-order valence-electron chi connectivity index (χ1n) is 27.7. The zero-order valence-electron chi connectivity index (χ0n) is 43.5. The minimum absolute atomic E-state index is 0.158. The van der Waals surface area contributed by atoms with Gasteiger partial charge in [0.15, 0.2) is 0 Å². The molecule has 2 nitrogen and oxygen atoms in total. The van der Waals surface area contributed by atoms with Gasteiger partial charge in [0, 0.05) is 28.4 Å². The normalized spacial score (nSPS) is 14.2. The summed E-state index contributed by atoms with van der Waals surface area (Å²) in [7, 11) is 0. The van der Waals surface area contributed by atoms with E-state index in [1.807, 2.05) is 0 Å². The van der Waals surface area contributed by atoms with Crippen molar-refractivity contribution in [3.63, 3.8) is 0 Å². The molecule has 370 valence electrons. The SMILES string of the molecule is C1=c2ccccc2=CC(N(c2ccc(-c3ccc4c(c3)C3(c5ccccc5-c5ccccc53)c3cc(-c5ccc(N(c6ccc7ccccc7c6)c6ccc7ccccc7c6)cc5)ccc3-4)cc2)c2ccc3ccccc3c2)C1. The van der Waals surface area contributed by atoms with Crippen molar-refractivity contribution in [3.05, 3.63) is 318 Å². The van der Waals surface area contributed by atoms with Crippen molar-refractivity contribution >= 4 is 72.9 Å². The molecule has 0 aromatic heterocycles. The monoisotopic (exact) mass is 1000 g/mol. The average molecular weight is 1010 g/mol. The molecule has 1 unspecified atom stereocenters. The molecular formula is C77H52N2. The molecule has 79 heavy (non-hydrogen) atoms. The molecule has 3 aliphatic rings. The van der Waals surface area contributed by atoms with Gasteiger partial charge >= 0.3 is 0 Å². The van der Waals surface area contributed by atoms with Gasteiger partial charge in [-0.15, -0.1) is 0 Å². The third-order valence-corrected chi connectivity index (χ3v) is 17.3. The summed E-state index contributed by atoms with van der Waals surface area (Å²) in [6.45, 7) is 0. The average Bonchev–Trinajstić information content (AvgIpc) is 3.47. The quantitative estimate of drug-likeness (QED) is 0.150. The Morgan fingerprint density at radius 1 is 0.278 bits per heavy atom. The van der Waals surface area contributed by atoms with E-state index in [4.69, 9.17) is 0 Å². The predicted molar refractivity (Wildman–Crippen MR) is 332 cm³/mol. The fraction of sp³-hybridized carbons (Fsp3) is 0.0390. The van der Waals surface area contributed by atoms with Crippen LogP contribution in [-0.2, 0) is 5.41 Å². The first-order valence-corrected chi connectivity index (χ1v) is 27.7. The lowest BCUT2D eigenvalue weighted by molar-refractivity contribution is 0.794. The van der Waals surface area contributed by atoms with Crippen LogP contribution in [0.15, 0.2) is 285 Å². The molecule has 0 aliphatic heterocycles. The topological polar surface area (TPSA) is 6.48 Å². The van der Waals surface area contributed by atoms with Gasteiger partial charge < -0.3 is 9.80 Å². The van der Waals surface area contributed by atoms with E-state index < -0.39 is 5.41 Å². The van der Waals surface area contributed by atoms with Gasteiger partial charge in [-0.1, -0.05) is 224 Å². The molecule has 0 fully saturated rings. The van der Waals surface area contributed by atoms with Crippen molar-refractivity contribution in [2.24, 2.45) is 0 Å². The van der Waals surface area contributed by atoms with Gasteiger partial charge in [0.1, 0.15) is 0 Å². The van der Waals surface area contributed by atoms with Gasteiger partial charge in [-0.05, 0) is 189 Å². The van der Waals surface area contributed by atoms with Crippen LogP contribution >= 0.6 is 0 Å². The van der Waals surface area contributed by atoms with Gasteiger partial charge in [-0.25, -0.2) is 0 Å². The molecule has 0 bridgehead atoms. The van der Waals surface area contributed by atoms with Gasteiger partial charge in [0.25, 0.3) is 0 Å². The van der Waals surface area contributed by atoms with Crippen molar-refractivity contribution in [1.82, 2.24) is 0 Å². The van der Waals surface area contributed by atoms with E-state index in [2.05, 4.69) is 307 Å². The van der Waals surface area contributed by atoms with Crippen LogP contribution in [0.3, 0.4) is 0 Å². The molecule has 2 heteroatoms. The van der Waals surface area contributed by atoms with Crippen molar-refractivity contribution < 1.29 is 0 Å². The molecule has 1 atom stereocenters. The maximum absolute atomic E-state index is 2.53. The summed E-state index contributed by atoms with van der Waals surface area (Å²) >= 11 is 0. The largest absolute Gasteiger partial charge is 0.334 e. The number of hydrogen-bond acceptors (Lipinski definition) is 2. The van der Waals surface area contributed by atoms with Crippen LogP contribution in [0.25, 0.3) is 89.0 Å². The van der Waals surface area contributed by atoms with Crippen LogP contribution in [0.4, 0.5) is 28.4 Å². The van der Waals surface area contributed by atoms with Crippen molar-refractivity contribution in [2.75, 3.05) is 9.80 Å². The summed E-state index contributed by atoms with van der Waals surface area (Å²) in [6.07, 6.45) is 5.77. The number of nitrogens with zero attached hydrogens (tertiary/aromatic N) is 2. The Bertz CT molecular complexity index is 4600. The van der Waals surface area contributed by atoms with E-state index in [-0.39, 0.29) is 6.04 Å². The first kappa shape index (κ1) is 45.2. The summed E-state index contributed by atoms with van der Waals surface area (Å²) in [5.41, 5.74) is 20.5. The summed E-state index contributed by atoms with van der Waals surface area (Å²) in [5.74, 6) is 0. The molecule has 0 saturated carbocycles. The van der Waals surface area contributed by atoms with E-state index >= 15 is 0 Å². The second-order valence-corrected chi connectivity index (χ2v) is 21.6. The van der Waals surface area contributed by atoms with Crippen LogP contribution in [-0.4, -0.2) is 6.04 Å². The number of fused-ring (bicyclic) bond motifs is 14. The molecule has 0 heterocycles. The maximum atomic E-state index is 2.53. The summed E-state index contributed by atoms with van der Waals surface area (Å²) in [5, 5.41) is 9.98. The number of hydrogen-bond donors (Lipinski definition) is 0. The van der Waals surface area contributed by atoms with Gasteiger partial charge in [-0.2, -0.15) is 0 Å². The Labute approximate surface area is 460 Å². The van der Waals surface area contributed by atoms with E-state index in [1.165, 1.54) is 121 Å². The lowest BCUT2D eigenvalue weighted by atomic mass is 9.70. The standard InChI is InChI=1S/C77H52N2/c1-5-17-57-45-65(39-29-51(57)13-1)78(66-40-30-52-14-2-6-18-58(52)46-66)63-35-25-55(26-36-63)61-33-43-71-72-44-34-62(50-76(72)77(75(71)49-61)73-23-11-9-21-69(73)70-22-10-12-24-74(70)77)56-27-37-64(38-28-56)79(67-41-31-53-15-3-7-19-59(53)47-67)68-42-32-54-16-4-8-20-60(54)48-68/h1-41,43-50,68H,42H2. The molecule has 0 N–H and O–H groups in total. The lowest BCUT2D eigenvalue weighted by Crippen LogP contribution is -2.37. The Morgan fingerprint density at radius 3 is 1.20 bits per heavy atom. The molecular weight excluding hydrogens is 953 g/mol. The molecule has 16 rings (SSSR count). The molecule has 0 radical (unpaired) electrons. The van der Waals surface area contributed by atoms with Crippen molar-refractivity contribution in [1.29, 1.82) is 0 Å². The fourth-order valence-corrected chi connectivity index (χ4v) is 13.6. The fourth-order valence-electron chi connectivity index (χ4n) is 13.6. The van der Waals surface area contributed by atoms with Crippen molar-refractivity contribution in [2.45, 2.75) is 17.9 Å². The third kappa shape index (κ3) is 7.25. The van der Waals surface area contributed by atoms with E-state index in [9.17, 15) is 0 Å². The summed E-state index contributed by atoms with van der Waals surface area (Å²) in [4.78, 5) is 4.92. The maximum Gasteiger partial charge on any atom is 0.0725 e. The molecule has 13 aromatic carbocycles. The Morgan fingerprint density at radius 2 is 0.671 bits per heavy atom. The molecule has 3 aliphatic carbocycles. The number of anilines is 5. The molecule has 1 spiro atoms. The highest BCUT2D eigenvalue weighted by Crippen LogP contribution is 2.63. The Balaban J connectivity index is 0.799. The minimum atomic E-state index is -0.511. The van der Waals surface area contributed by atoms with Gasteiger partial charge in [0.2, 0.25) is 0 Å². The number of benzene rings is 13. The van der Waals surface area contributed by atoms with Crippen LogP contribution < -0.4 is 20.2 Å². The molecule has 0 saturated heterocycles. The van der Waals surface area contributed by atoms with Gasteiger partial charge in [0.05, 0.1) is 11.5 Å². The first-order chi connectivity index (χ1) is 39.1. The highest BCUT2D eigenvalue weighted by molar-refractivity contribution is 5.98. The van der Waals surface area contributed by atoms with Gasteiger partial charge in [-0.3, -0.25) is 0 Å². The smallest absolute Gasteiger partial charge is 0.0725 e. The molecule has 13 aromatic rings. The summed E-state index contributed by atoms with van der Waals surface area (Å²) in [6, 6.07) is 107. The zero-order valence-corrected chi connectivity index (χ0v) is 43.5. The number of rotatable bonds is 8. The van der Waals surface area contributed by atoms with Crippen LogP contribution in [0.1, 0.15) is 28.7 Å². The van der Waals surface area contributed by atoms with Crippen LogP contribution in [0.5, 0.6) is 0 Å². The Kier molecular flexibility index (Phi) is 10.3. The highest BCUT2D eigenvalue weighted by atomic mass is 15.2. The van der Waals surface area contributed by atoms with E-state index in [1.54, 1.807) is 0 Å². The second kappa shape index (κ2) is 18.1. The third-order valence-electron chi connectivity index (χ3n) is 17.3. The minimum Gasteiger partial charge on any atom is -0.334 e. The predicted octanol–water partition coefficient (Wildman–Crippen LogP) is 18.5. The van der Waals surface area contributed by atoms with Crippen molar-refractivity contribution in [3.8, 4) is 44.5 Å². The lowest BCUT2D eigenvalue weighted by Gasteiger charge is -2.33. The van der Waals surface area contributed by atoms with E-state index in [0.29, 0.717) is 0 Å². The molecule has 0 amide bonds. The van der Waals surface area contributed by atoms with Crippen LogP contribution in [0, 0.1) is 0 Å². The van der Waals surface area contributed by atoms with E-state index in [0.717, 1.165) is 23.5 Å². The second-order valence-electron chi connectivity index (χ2n) is 21.6. The Hall–Kier alpha value is -10.0. The van der Waals surface area contributed by atoms with Crippen LogP contribution in [0.2, 0.25) is 0 Å². The zero-order chi connectivity index (χ0) is 52.0.